The third-order valence-corrected chi connectivity index (χ3v) is 4.48. The van der Waals surface area contributed by atoms with Crippen molar-refractivity contribution in [3.8, 4) is 23.3 Å². The number of ether oxygens (including phenoxy) is 3. The van der Waals surface area contributed by atoms with Crippen LogP contribution in [0.2, 0.25) is 0 Å². The van der Waals surface area contributed by atoms with E-state index in [0.29, 0.717) is 22.8 Å². The molecule has 1 atom stereocenters. The summed E-state index contributed by atoms with van der Waals surface area (Å²) in [5, 5.41) is 11.4. The molecule has 104 valence electrons. The average molecular weight is 298 g/mol. The Hall–Kier alpha value is -2.65. The molecule has 0 amide bonds. The molecule has 3 heterocycles. The van der Waals surface area contributed by atoms with Crippen molar-refractivity contribution in [1.29, 1.82) is 5.26 Å². The Morgan fingerprint density at radius 2 is 2.05 bits per heavy atom. The summed E-state index contributed by atoms with van der Waals surface area (Å²) in [4.78, 5) is 1.04. The van der Waals surface area contributed by atoms with Crippen LogP contribution in [0, 0.1) is 11.3 Å². The van der Waals surface area contributed by atoms with E-state index < -0.39 is 0 Å². The number of nitrogens with two attached hydrogens (primary N) is 1. The van der Waals surface area contributed by atoms with E-state index >= 15 is 0 Å². The Labute approximate surface area is 124 Å². The first-order chi connectivity index (χ1) is 10.3. The highest BCUT2D eigenvalue weighted by molar-refractivity contribution is 7.10. The molecule has 2 N–H and O–H groups in total. The van der Waals surface area contributed by atoms with Gasteiger partial charge in [-0.1, -0.05) is 6.07 Å². The third kappa shape index (κ3) is 1.75. The highest BCUT2D eigenvalue weighted by atomic mass is 32.1. The molecule has 6 heteroatoms. The van der Waals surface area contributed by atoms with Crippen molar-refractivity contribution >= 4 is 11.3 Å². The van der Waals surface area contributed by atoms with Crippen LogP contribution in [0.3, 0.4) is 0 Å². The van der Waals surface area contributed by atoms with Crippen molar-refractivity contribution in [2.24, 2.45) is 5.73 Å². The molecule has 0 bridgehead atoms. The summed E-state index contributed by atoms with van der Waals surface area (Å²) in [7, 11) is 0. The summed E-state index contributed by atoms with van der Waals surface area (Å²) in [6.07, 6.45) is 0. The molecule has 1 aromatic heterocycles. The van der Waals surface area contributed by atoms with Gasteiger partial charge in [0.1, 0.15) is 17.4 Å². The second-order valence-corrected chi connectivity index (χ2v) is 5.66. The summed E-state index contributed by atoms with van der Waals surface area (Å²) in [6.45, 7) is 0.190. The number of allylic oxidation sites excluding steroid dienone is 1. The van der Waals surface area contributed by atoms with Gasteiger partial charge in [0.25, 0.3) is 0 Å². The minimum atomic E-state index is -0.228. The van der Waals surface area contributed by atoms with E-state index in [2.05, 4.69) is 6.07 Å². The van der Waals surface area contributed by atoms with E-state index in [9.17, 15) is 5.26 Å². The predicted octanol–water partition coefficient (Wildman–Crippen LogP) is 2.69. The molecular weight excluding hydrogens is 288 g/mol. The van der Waals surface area contributed by atoms with Crippen molar-refractivity contribution in [1.82, 2.24) is 0 Å². The fourth-order valence-electron chi connectivity index (χ4n) is 2.59. The SMILES string of the molecule is N#CC1=C(N)Oc2cc3c(cc2C1c1cccs1)OCO3. The monoisotopic (exact) mass is 298 g/mol. The van der Waals surface area contributed by atoms with Gasteiger partial charge in [-0.15, -0.1) is 11.3 Å². The zero-order valence-electron chi connectivity index (χ0n) is 10.8. The van der Waals surface area contributed by atoms with Gasteiger partial charge in [0.2, 0.25) is 12.7 Å². The molecule has 1 unspecified atom stereocenters. The topological polar surface area (TPSA) is 77.5 Å². The van der Waals surface area contributed by atoms with Crippen LogP contribution in [0.4, 0.5) is 0 Å². The predicted molar refractivity (Wildman–Crippen MR) is 76.2 cm³/mol. The Bertz CT molecular complexity index is 790. The minimum absolute atomic E-state index is 0.141. The van der Waals surface area contributed by atoms with E-state index in [1.807, 2.05) is 23.6 Å². The summed E-state index contributed by atoms with van der Waals surface area (Å²) >= 11 is 1.58. The molecule has 2 aromatic rings. The van der Waals surface area contributed by atoms with E-state index in [1.165, 1.54) is 0 Å². The average Bonchev–Trinajstić information content (AvgIpc) is 3.14. The standard InChI is InChI=1S/C15H10N2O3S/c16-6-9-14(13-2-1-3-21-13)8-4-11-12(19-7-18-11)5-10(8)20-15(9)17/h1-5,14H,7,17H2. The normalized spacial score (nSPS) is 18.9. The van der Waals surface area contributed by atoms with E-state index in [4.69, 9.17) is 19.9 Å². The largest absolute Gasteiger partial charge is 0.454 e. The minimum Gasteiger partial charge on any atom is -0.454 e. The van der Waals surface area contributed by atoms with E-state index in [1.54, 1.807) is 17.4 Å². The molecule has 21 heavy (non-hydrogen) atoms. The highest BCUT2D eigenvalue weighted by Crippen LogP contribution is 2.48. The second-order valence-electron chi connectivity index (χ2n) is 4.68. The summed E-state index contributed by atoms with van der Waals surface area (Å²) < 4.78 is 16.4. The van der Waals surface area contributed by atoms with Gasteiger partial charge in [-0.3, -0.25) is 0 Å². The van der Waals surface area contributed by atoms with Gasteiger partial charge < -0.3 is 19.9 Å². The van der Waals surface area contributed by atoms with Gasteiger partial charge in [-0.25, -0.2) is 0 Å². The van der Waals surface area contributed by atoms with Crippen molar-refractivity contribution in [3.05, 3.63) is 51.5 Å². The number of benzene rings is 1. The molecule has 4 rings (SSSR count). The summed E-state index contributed by atoms with van der Waals surface area (Å²) in [6, 6.07) is 9.73. The molecule has 0 saturated heterocycles. The number of fused-ring (bicyclic) bond motifs is 2. The van der Waals surface area contributed by atoms with Crippen molar-refractivity contribution < 1.29 is 14.2 Å². The van der Waals surface area contributed by atoms with Crippen LogP contribution >= 0.6 is 11.3 Å². The molecule has 0 saturated carbocycles. The number of hydrogen-bond donors (Lipinski definition) is 1. The first-order valence-corrected chi connectivity index (χ1v) is 7.20. The van der Waals surface area contributed by atoms with Crippen LogP contribution in [0.5, 0.6) is 17.2 Å². The fraction of sp³-hybridized carbons (Fsp3) is 0.133. The van der Waals surface area contributed by atoms with Crippen molar-refractivity contribution in [2.45, 2.75) is 5.92 Å². The summed E-state index contributed by atoms with van der Waals surface area (Å²) in [5.74, 6) is 1.81. The number of hydrogen-bond acceptors (Lipinski definition) is 6. The maximum atomic E-state index is 9.43. The maximum Gasteiger partial charge on any atom is 0.231 e. The Morgan fingerprint density at radius 1 is 1.24 bits per heavy atom. The number of nitriles is 1. The molecular formula is C15H10N2O3S. The van der Waals surface area contributed by atoms with Crippen molar-refractivity contribution in [3.63, 3.8) is 0 Å². The molecule has 1 aromatic carbocycles. The molecule has 2 aliphatic heterocycles. The number of rotatable bonds is 1. The van der Waals surface area contributed by atoms with Crippen LogP contribution in [0.1, 0.15) is 16.4 Å². The molecule has 0 radical (unpaired) electrons. The number of nitrogens with zero attached hydrogens (tertiary/aromatic N) is 1. The molecule has 0 aliphatic carbocycles. The molecule has 0 spiro atoms. The van der Waals surface area contributed by atoms with Gasteiger partial charge in [-0.05, 0) is 17.5 Å². The quantitative estimate of drug-likeness (QED) is 0.875. The first-order valence-electron chi connectivity index (χ1n) is 6.32. The summed E-state index contributed by atoms with van der Waals surface area (Å²) in [5.41, 5.74) is 7.20. The van der Waals surface area contributed by atoms with Crippen LogP contribution < -0.4 is 19.9 Å². The zero-order chi connectivity index (χ0) is 14.4. The third-order valence-electron chi connectivity index (χ3n) is 3.54. The van der Waals surface area contributed by atoms with Gasteiger partial charge in [0.05, 0.1) is 5.92 Å². The van der Waals surface area contributed by atoms with Gasteiger partial charge in [-0.2, -0.15) is 5.26 Å². The van der Waals surface area contributed by atoms with Crippen molar-refractivity contribution in [2.75, 3.05) is 6.79 Å². The Balaban J connectivity index is 1.94. The smallest absolute Gasteiger partial charge is 0.231 e. The second kappa shape index (κ2) is 4.43. The van der Waals surface area contributed by atoms with Crippen LogP contribution in [0.15, 0.2) is 41.1 Å². The lowest BCUT2D eigenvalue weighted by Gasteiger charge is -2.25. The van der Waals surface area contributed by atoms with Crippen LogP contribution in [-0.4, -0.2) is 6.79 Å². The molecule has 5 nitrogen and oxygen atoms in total. The molecule has 0 fully saturated rings. The number of thiophene rings is 1. The zero-order valence-corrected chi connectivity index (χ0v) is 11.6. The van der Waals surface area contributed by atoms with Crippen LogP contribution in [0.25, 0.3) is 0 Å². The van der Waals surface area contributed by atoms with E-state index in [0.717, 1.165) is 10.4 Å². The van der Waals surface area contributed by atoms with E-state index in [-0.39, 0.29) is 18.6 Å². The lowest BCUT2D eigenvalue weighted by atomic mass is 9.88. The van der Waals surface area contributed by atoms with Crippen LogP contribution in [-0.2, 0) is 0 Å². The van der Waals surface area contributed by atoms with Gasteiger partial charge >= 0.3 is 0 Å². The fourth-order valence-corrected chi connectivity index (χ4v) is 3.45. The first kappa shape index (κ1) is 12.1. The lowest BCUT2D eigenvalue weighted by molar-refractivity contribution is 0.174. The van der Waals surface area contributed by atoms with Gasteiger partial charge in [0, 0.05) is 16.5 Å². The molecule has 2 aliphatic rings. The maximum absolute atomic E-state index is 9.43. The lowest BCUT2D eigenvalue weighted by Crippen LogP contribution is -2.20. The highest BCUT2D eigenvalue weighted by Gasteiger charge is 2.33. The van der Waals surface area contributed by atoms with Gasteiger partial charge in [0.15, 0.2) is 11.5 Å². The Kier molecular flexibility index (Phi) is 2.56. The Morgan fingerprint density at radius 3 is 2.76 bits per heavy atom.